The summed E-state index contributed by atoms with van der Waals surface area (Å²) in [5.74, 6) is -1.42. The molecule has 1 aliphatic heterocycles. The predicted molar refractivity (Wildman–Crippen MR) is 100 cm³/mol. The summed E-state index contributed by atoms with van der Waals surface area (Å²) in [5.41, 5.74) is 0.249. The lowest BCUT2D eigenvalue weighted by atomic mass is 9.91. The molecule has 0 saturated carbocycles. The Morgan fingerprint density at radius 3 is 2.48 bits per heavy atom. The number of aliphatic hydroxyl groups is 1. The fraction of sp³-hybridized carbons (Fsp3) is 0.421. The number of aromatic nitrogens is 2. The van der Waals surface area contributed by atoms with E-state index in [1.165, 1.54) is 6.20 Å². The summed E-state index contributed by atoms with van der Waals surface area (Å²) < 4.78 is 1.71. The number of carbonyl (C=O) groups is 2. The molecule has 1 fully saturated rings. The van der Waals surface area contributed by atoms with Gasteiger partial charge in [0.05, 0.1) is 23.1 Å². The van der Waals surface area contributed by atoms with Crippen LogP contribution in [0.25, 0.3) is 5.69 Å². The van der Waals surface area contributed by atoms with Crippen LogP contribution < -0.4 is 0 Å². The molecule has 2 aromatic rings. The van der Waals surface area contributed by atoms with E-state index in [0.717, 1.165) is 11.4 Å². The molecule has 1 saturated heterocycles. The molecule has 0 aliphatic carbocycles. The van der Waals surface area contributed by atoms with Crippen molar-refractivity contribution in [3.05, 3.63) is 46.7 Å². The van der Waals surface area contributed by atoms with Crippen LogP contribution in [0.2, 0.25) is 5.02 Å². The molecule has 27 heavy (non-hydrogen) atoms. The van der Waals surface area contributed by atoms with Gasteiger partial charge in [0.15, 0.2) is 5.60 Å². The number of benzene rings is 1. The maximum Gasteiger partial charge on any atom is 0.335 e. The fourth-order valence-electron chi connectivity index (χ4n) is 3.36. The Kier molecular flexibility index (Phi) is 5.26. The van der Waals surface area contributed by atoms with Gasteiger partial charge in [-0.05, 0) is 24.1 Å². The molecule has 1 aromatic carbocycles. The molecule has 2 heterocycles. The SMILES string of the molecule is CC(C)c1c(C(=O)N2CCC(O)(C(=O)O)CC2)cnn1-c1cccc(Cl)c1. The van der Waals surface area contributed by atoms with E-state index in [-0.39, 0.29) is 37.8 Å². The number of piperidine rings is 1. The zero-order chi connectivity index (χ0) is 19.8. The Morgan fingerprint density at radius 1 is 1.26 bits per heavy atom. The van der Waals surface area contributed by atoms with E-state index < -0.39 is 11.6 Å². The van der Waals surface area contributed by atoms with Crippen LogP contribution >= 0.6 is 11.6 Å². The van der Waals surface area contributed by atoms with E-state index in [0.29, 0.717) is 10.6 Å². The quantitative estimate of drug-likeness (QED) is 0.835. The highest BCUT2D eigenvalue weighted by Crippen LogP contribution is 2.28. The number of rotatable bonds is 4. The summed E-state index contributed by atoms with van der Waals surface area (Å²) in [7, 11) is 0. The Labute approximate surface area is 162 Å². The van der Waals surface area contributed by atoms with Gasteiger partial charge in [-0.3, -0.25) is 4.79 Å². The van der Waals surface area contributed by atoms with Gasteiger partial charge < -0.3 is 15.1 Å². The first-order valence-corrected chi connectivity index (χ1v) is 9.19. The van der Waals surface area contributed by atoms with Gasteiger partial charge in [0.1, 0.15) is 0 Å². The molecule has 144 valence electrons. The van der Waals surface area contributed by atoms with Gasteiger partial charge in [-0.2, -0.15) is 5.10 Å². The van der Waals surface area contributed by atoms with Gasteiger partial charge in [-0.15, -0.1) is 0 Å². The molecular formula is C19H22ClN3O4. The number of carbonyl (C=O) groups excluding carboxylic acids is 1. The third kappa shape index (κ3) is 3.70. The Balaban J connectivity index is 1.89. The standard InChI is InChI=1S/C19H22ClN3O4/c1-12(2)16-15(11-21-23(16)14-5-3-4-13(20)10-14)17(24)22-8-6-19(27,7-9-22)18(25)26/h3-5,10-12,27H,6-9H2,1-2H3,(H,25,26). The highest BCUT2D eigenvalue weighted by atomic mass is 35.5. The third-order valence-corrected chi connectivity index (χ3v) is 5.15. The molecule has 3 rings (SSSR count). The minimum atomic E-state index is -1.76. The first-order chi connectivity index (χ1) is 12.7. The van der Waals surface area contributed by atoms with Crippen LogP contribution in [-0.4, -0.2) is 55.5 Å². The van der Waals surface area contributed by atoms with E-state index in [1.807, 2.05) is 26.0 Å². The average Bonchev–Trinajstić information content (AvgIpc) is 3.07. The number of nitrogens with zero attached hydrogens (tertiary/aromatic N) is 3. The van der Waals surface area contributed by atoms with Gasteiger partial charge in [-0.1, -0.05) is 31.5 Å². The summed E-state index contributed by atoms with van der Waals surface area (Å²) in [6, 6.07) is 7.24. The lowest BCUT2D eigenvalue weighted by Crippen LogP contribution is -2.50. The number of carboxylic acid groups (broad SMARTS) is 1. The first-order valence-electron chi connectivity index (χ1n) is 8.82. The second-order valence-electron chi connectivity index (χ2n) is 7.12. The maximum atomic E-state index is 13.0. The van der Waals surface area contributed by atoms with E-state index in [4.69, 9.17) is 16.7 Å². The van der Waals surface area contributed by atoms with Crippen molar-refractivity contribution in [1.29, 1.82) is 0 Å². The van der Waals surface area contributed by atoms with Gasteiger partial charge in [0, 0.05) is 31.0 Å². The zero-order valence-corrected chi connectivity index (χ0v) is 16.0. The predicted octanol–water partition coefficient (Wildman–Crippen LogP) is 2.70. The van der Waals surface area contributed by atoms with Gasteiger partial charge in [0.25, 0.3) is 5.91 Å². The van der Waals surface area contributed by atoms with Crippen LogP contribution in [0, 0.1) is 0 Å². The molecule has 0 unspecified atom stereocenters. The number of likely N-dealkylation sites (tertiary alicyclic amines) is 1. The third-order valence-electron chi connectivity index (χ3n) is 4.91. The topological polar surface area (TPSA) is 95.7 Å². The smallest absolute Gasteiger partial charge is 0.335 e. The summed E-state index contributed by atoms with van der Waals surface area (Å²) in [5, 5.41) is 24.2. The van der Waals surface area contributed by atoms with Crippen molar-refractivity contribution in [3.63, 3.8) is 0 Å². The van der Waals surface area contributed by atoms with E-state index in [2.05, 4.69) is 5.10 Å². The number of hydrogen-bond acceptors (Lipinski definition) is 4. The van der Waals surface area contributed by atoms with Crippen molar-refractivity contribution in [2.45, 2.75) is 38.2 Å². The van der Waals surface area contributed by atoms with Crippen LogP contribution in [0.4, 0.5) is 0 Å². The molecule has 1 aliphatic rings. The second kappa shape index (κ2) is 7.32. The van der Waals surface area contributed by atoms with Gasteiger partial charge in [-0.25, -0.2) is 9.48 Å². The Bertz CT molecular complexity index is 870. The fourth-order valence-corrected chi connectivity index (χ4v) is 3.54. The van der Waals surface area contributed by atoms with Crippen molar-refractivity contribution in [2.75, 3.05) is 13.1 Å². The van der Waals surface area contributed by atoms with Crippen LogP contribution in [0.15, 0.2) is 30.5 Å². The molecule has 0 bridgehead atoms. The van der Waals surface area contributed by atoms with E-state index in [1.54, 1.807) is 21.7 Å². The Hall–Kier alpha value is -2.38. The molecule has 2 N–H and O–H groups in total. The summed E-state index contributed by atoms with van der Waals surface area (Å²) >= 11 is 6.08. The van der Waals surface area contributed by atoms with Crippen LogP contribution in [0.5, 0.6) is 0 Å². The summed E-state index contributed by atoms with van der Waals surface area (Å²) in [6.07, 6.45) is 1.55. The van der Waals surface area contributed by atoms with Gasteiger partial charge >= 0.3 is 5.97 Å². The van der Waals surface area contributed by atoms with Crippen LogP contribution in [0.1, 0.15) is 48.7 Å². The molecule has 0 spiro atoms. The number of aliphatic carboxylic acids is 1. The van der Waals surface area contributed by atoms with E-state index in [9.17, 15) is 14.7 Å². The maximum absolute atomic E-state index is 13.0. The highest BCUT2D eigenvalue weighted by molar-refractivity contribution is 6.30. The lowest BCUT2D eigenvalue weighted by Gasteiger charge is -2.35. The molecule has 1 amide bonds. The lowest BCUT2D eigenvalue weighted by molar-refractivity contribution is -0.162. The van der Waals surface area contributed by atoms with Crippen molar-refractivity contribution in [3.8, 4) is 5.69 Å². The van der Waals surface area contributed by atoms with Crippen molar-refractivity contribution >= 4 is 23.5 Å². The van der Waals surface area contributed by atoms with E-state index >= 15 is 0 Å². The highest BCUT2D eigenvalue weighted by Gasteiger charge is 2.41. The van der Waals surface area contributed by atoms with Crippen molar-refractivity contribution < 1.29 is 19.8 Å². The van der Waals surface area contributed by atoms with Crippen LogP contribution in [0.3, 0.4) is 0 Å². The number of carboxylic acids is 1. The summed E-state index contributed by atoms with van der Waals surface area (Å²) in [4.78, 5) is 25.8. The molecule has 0 radical (unpaired) electrons. The minimum Gasteiger partial charge on any atom is -0.479 e. The Morgan fingerprint density at radius 2 is 1.93 bits per heavy atom. The molecule has 7 nitrogen and oxygen atoms in total. The minimum absolute atomic E-state index is 0.00746. The zero-order valence-electron chi connectivity index (χ0n) is 15.2. The van der Waals surface area contributed by atoms with Crippen molar-refractivity contribution in [2.24, 2.45) is 0 Å². The summed E-state index contributed by atoms with van der Waals surface area (Å²) in [6.45, 7) is 4.32. The first kappa shape index (κ1) is 19.4. The molecule has 8 heteroatoms. The number of halogens is 1. The number of amides is 1. The normalized spacial score (nSPS) is 16.6. The van der Waals surface area contributed by atoms with Crippen LogP contribution in [-0.2, 0) is 4.79 Å². The molecule has 0 atom stereocenters. The monoisotopic (exact) mass is 391 g/mol. The number of hydrogen-bond donors (Lipinski definition) is 2. The second-order valence-corrected chi connectivity index (χ2v) is 7.56. The van der Waals surface area contributed by atoms with Gasteiger partial charge in [0.2, 0.25) is 0 Å². The molecule has 1 aromatic heterocycles. The largest absolute Gasteiger partial charge is 0.479 e. The van der Waals surface area contributed by atoms with Crippen molar-refractivity contribution in [1.82, 2.24) is 14.7 Å². The molecular weight excluding hydrogens is 370 g/mol. The average molecular weight is 392 g/mol.